The number of halogens is 5. The van der Waals surface area contributed by atoms with E-state index in [1.54, 1.807) is 13.0 Å². The topological polar surface area (TPSA) is 49.6 Å². The molecule has 1 fully saturated rings. The molecular weight excluding hydrogens is 407 g/mol. The van der Waals surface area contributed by atoms with Gasteiger partial charge in [-0.3, -0.25) is 4.90 Å². The summed E-state index contributed by atoms with van der Waals surface area (Å²) in [5.41, 5.74) is 0.931. The van der Waals surface area contributed by atoms with Crippen LogP contribution in [0.2, 0.25) is 0 Å². The number of anilines is 1. The van der Waals surface area contributed by atoms with Crippen molar-refractivity contribution in [2.24, 2.45) is 0 Å². The lowest BCUT2D eigenvalue weighted by Crippen LogP contribution is -2.48. The summed E-state index contributed by atoms with van der Waals surface area (Å²) in [6.07, 6.45) is -4.66. The molecule has 3 heterocycles. The van der Waals surface area contributed by atoms with E-state index in [-0.39, 0.29) is 11.8 Å². The highest BCUT2D eigenvalue weighted by atomic mass is 19.4. The molecule has 1 aliphatic rings. The Labute approximate surface area is 168 Å². The largest absolute Gasteiger partial charge is 0.453 e. The van der Waals surface area contributed by atoms with Gasteiger partial charge in [0.05, 0.1) is 0 Å². The summed E-state index contributed by atoms with van der Waals surface area (Å²) in [5.74, 6) is -2.10. The van der Waals surface area contributed by atoms with Gasteiger partial charge in [-0.15, -0.1) is 5.10 Å². The predicted molar refractivity (Wildman–Crippen MR) is 99.1 cm³/mol. The fraction of sp³-hybridized carbons (Fsp3) is 0.421. The van der Waals surface area contributed by atoms with Crippen molar-refractivity contribution in [3.63, 3.8) is 0 Å². The first-order chi connectivity index (χ1) is 14.1. The summed E-state index contributed by atoms with van der Waals surface area (Å²) in [6.45, 7) is 5.60. The van der Waals surface area contributed by atoms with Gasteiger partial charge in [-0.1, -0.05) is 6.07 Å². The highest BCUT2D eigenvalue weighted by Gasteiger charge is 2.37. The van der Waals surface area contributed by atoms with E-state index >= 15 is 0 Å². The number of rotatable bonds is 3. The molecule has 0 N–H and O–H groups in total. The molecule has 0 spiro atoms. The quantitative estimate of drug-likeness (QED) is 0.599. The Morgan fingerprint density at radius 1 is 1.00 bits per heavy atom. The molecule has 1 saturated heterocycles. The number of fused-ring (bicyclic) bond motifs is 1. The third kappa shape index (κ3) is 3.81. The maximum absolute atomic E-state index is 14.1. The Morgan fingerprint density at radius 2 is 1.70 bits per heavy atom. The van der Waals surface area contributed by atoms with E-state index in [0.717, 1.165) is 10.6 Å². The van der Waals surface area contributed by atoms with Crippen molar-refractivity contribution in [2.45, 2.75) is 26.1 Å². The van der Waals surface area contributed by atoms with Gasteiger partial charge >= 0.3 is 6.18 Å². The van der Waals surface area contributed by atoms with Crippen molar-refractivity contribution < 1.29 is 22.0 Å². The minimum absolute atomic E-state index is 0.110. The van der Waals surface area contributed by atoms with E-state index in [1.165, 1.54) is 12.1 Å². The zero-order chi connectivity index (χ0) is 21.6. The summed E-state index contributed by atoms with van der Waals surface area (Å²) in [5, 5.41) is 3.60. The first-order valence-corrected chi connectivity index (χ1v) is 9.39. The lowest BCUT2D eigenvalue weighted by Gasteiger charge is -2.39. The van der Waals surface area contributed by atoms with Crippen molar-refractivity contribution in [3.8, 4) is 0 Å². The van der Waals surface area contributed by atoms with Crippen molar-refractivity contribution in [1.82, 2.24) is 24.5 Å². The van der Waals surface area contributed by atoms with Crippen molar-refractivity contribution in [1.29, 1.82) is 0 Å². The van der Waals surface area contributed by atoms with Gasteiger partial charge in [0.25, 0.3) is 11.6 Å². The van der Waals surface area contributed by atoms with Crippen LogP contribution < -0.4 is 4.90 Å². The Kier molecular flexibility index (Phi) is 5.08. The van der Waals surface area contributed by atoms with E-state index in [4.69, 9.17) is 0 Å². The predicted octanol–water partition coefficient (Wildman–Crippen LogP) is 3.61. The van der Waals surface area contributed by atoms with Crippen molar-refractivity contribution in [3.05, 3.63) is 53.0 Å². The van der Waals surface area contributed by atoms with Crippen LogP contribution in [0.3, 0.4) is 0 Å². The van der Waals surface area contributed by atoms with E-state index < -0.39 is 23.6 Å². The van der Waals surface area contributed by atoms with Crippen LogP contribution in [0.25, 0.3) is 5.78 Å². The summed E-state index contributed by atoms with van der Waals surface area (Å²) in [4.78, 5) is 11.5. The molecule has 160 valence electrons. The van der Waals surface area contributed by atoms with Crippen LogP contribution in [0.5, 0.6) is 0 Å². The summed E-state index contributed by atoms with van der Waals surface area (Å²) >= 11 is 0. The van der Waals surface area contributed by atoms with Crippen LogP contribution in [0.15, 0.2) is 24.3 Å². The first-order valence-electron chi connectivity index (χ1n) is 9.39. The molecule has 0 saturated carbocycles. The first kappa shape index (κ1) is 20.5. The second-order valence-corrected chi connectivity index (χ2v) is 7.27. The lowest BCUT2D eigenvalue weighted by molar-refractivity contribution is -0.144. The Bertz CT molecular complexity index is 1070. The van der Waals surface area contributed by atoms with Crippen molar-refractivity contribution >= 4 is 11.6 Å². The molecule has 0 aliphatic carbocycles. The number of nitrogens with zero attached hydrogens (tertiary/aromatic N) is 6. The van der Waals surface area contributed by atoms with E-state index in [2.05, 4.69) is 15.1 Å². The van der Waals surface area contributed by atoms with Crippen LogP contribution in [-0.4, -0.2) is 50.7 Å². The molecule has 0 bridgehead atoms. The average molecular weight is 426 g/mol. The van der Waals surface area contributed by atoms with Gasteiger partial charge in [0, 0.05) is 55.6 Å². The molecule has 0 radical (unpaired) electrons. The van der Waals surface area contributed by atoms with Gasteiger partial charge in [0.2, 0.25) is 0 Å². The number of aromatic nitrogens is 4. The Hall–Kier alpha value is -2.82. The molecule has 1 aromatic carbocycles. The normalized spacial score (nSPS) is 17.0. The van der Waals surface area contributed by atoms with E-state index in [9.17, 15) is 22.0 Å². The third-order valence-electron chi connectivity index (χ3n) is 5.27. The zero-order valence-corrected chi connectivity index (χ0v) is 16.3. The van der Waals surface area contributed by atoms with E-state index in [0.29, 0.717) is 43.3 Å². The second-order valence-electron chi connectivity index (χ2n) is 7.27. The third-order valence-corrected chi connectivity index (χ3v) is 5.27. The Morgan fingerprint density at radius 3 is 2.33 bits per heavy atom. The SMILES string of the molecule is Cc1cc(N2CCN(C(C)c3ccc(F)cc3F)CC2)n2nc(C(F)(F)F)nc2n1. The molecule has 1 atom stereocenters. The summed E-state index contributed by atoms with van der Waals surface area (Å²) in [6, 6.07) is 4.92. The molecule has 11 heteroatoms. The number of piperazine rings is 1. The second kappa shape index (κ2) is 7.46. The number of aryl methyl sites for hydroxylation is 1. The lowest BCUT2D eigenvalue weighted by atomic mass is 10.1. The van der Waals surface area contributed by atoms with Crippen LogP contribution in [0, 0.1) is 18.6 Å². The average Bonchev–Trinajstić information content (AvgIpc) is 3.11. The zero-order valence-electron chi connectivity index (χ0n) is 16.3. The smallest absolute Gasteiger partial charge is 0.354 e. The minimum atomic E-state index is -4.66. The molecular formula is C19H19F5N6. The van der Waals surface area contributed by atoms with Gasteiger partial charge < -0.3 is 4.90 Å². The fourth-order valence-electron chi connectivity index (χ4n) is 3.69. The maximum Gasteiger partial charge on any atom is 0.453 e. The highest BCUT2D eigenvalue weighted by Crippen LogP contribution is 2.29. The number of benzene rings is 1. The molecule has 2 aromatic heterocycles. The monoisotopic (exact) mass is 426 g/mol. The number of hydrogen-bond donors (Lipinski definition) is 0. The maximum atomic E-state index is 14.1. The van der Waals surface area contributed by atoms with Crippen LogP contribution in [-0.2, 0) is 6.18 Å². The number of hydrogen-bond acceptors (Lipinski definition) is 5. The van der Waals surface area contributed by atoms with Gasteiger partial charge in [0.15, 0.2) is 0 Å². The van der Waals surface area contributed by atoms with Crippen molar-refractivity contribution in [2.75, 3.05) is 31.1 Å². The fourth-order valence-corrected chi connectivity index (χ4v) is 3.69. The molecule has 4 rings (SSSR count). The molecule has 6 nitrogen and oxygen atoms in total. The molecule has 1 aliphatic heterocycles. The molecule has 3 aromatic rings. The molecule has 1 unspecified atom stereocenters. The van der Waals surface area contributed by atoms with Crippen LogP contribution in [0.4, 0.5) is 27.8 Å². The standard InChI is InChI=1S/C19H19F5N6/c1-11-9-16(30-18(25-11)26-17(27-30)19(22,23)24)29-7-5-28(6-8-29)12(2)14-4-3-13(20)10-15(14)21/h3-4,9-10,12H,5-8H2,1-2H3. The number of alkyl halides is 3. The molecule has 0 amide bonds. The van der Waals surface area contributed by atoms with Gasteiger partial charge in [0.1, 0.15) is 17.5 Å². The summed E-state index contributed by atoms with van der Waals surface area (Å²) in [7, 11) is 0. The Balaban J connectivity index is 1.55. The van der Waals surface area contributed by atoms with E-state index in [1.807, 2.05) is 16.7 Å². The highest BCUT2D eigenvalue weighted by molar-refractivity contribution is 5.48. The van der Waals surface area contributed by atoms with Gasteiger partial charge in [-0.2, -0.15) is 22.7 Å². The molecule has 30 heavy (non-hydrogen) atoms. The van der Waals surface area contributed by atoms with Crippen LogP contribution >= 0.6 is 0 Å². The van der Waals surface area contributed by atoms with Gasteiger partial charge in [-0.25, -0.2) is 13.8 Å². The van der Waals surface area contributed by atoms with Crippen LogP contribution in [0.1, 0.15) is 30.0 Å². The summed E-state index contributed by atoms with van der Waals surface area (Å²) < 4.78 is 67.5. The minimum Gasteiger partial charge on any atom is -0.354 e. The van der Waals surface area contributed by atoms with Gasteiger partial charge in [-0.05, 0) is 19.9 Å².